The lowest BCUT2D eigenvalue weighted by Gasteiger charge is -2.28. The number of fused-ring (bicyclic) bond motifs is 2. The van der Waals surface area contributed by atoms with Gasteiger partial charge in [0.2, 0.25) is 10.0 Å². The monoisotopic (exact) mass is 519 g/mol. The summed E-state index contributed by atoms with van der Waals surface area (Å²) in [6.45, 7) is 0.776. The second-order valence-corrected chi connectivity index (χ2v) is 12.1. The zero-order valence-electron chi connectivity index (χ0n) is 19.6. The highest BCUT2D eigenvalue weighted by Gasteiger charge is 2.31. The van der Waals surface area contributed by atoms with Gasteiger partial charge in [0.15, 0.2) is 4.21 Å². The fourth-order valence-corrected chi connectivity index (χ4v) is 7.82. The van der Waals surface area contributed by atoms with E-state index in [-0.39, 0.29) is 19.9 Å². The maximum Gasteiger partial charge on any atom is 0.244 e. The topological polar surface area (TPSA) is 136 Å². The van der Waals surface area contributed by atoms with Gasteiger partial charge < -0.3 is 15.4 Å². The molecule has 0 bridgehead atoms. The number of thiophene rings is 1. The molecule has 1 aliphatic carbocycles. The van der Waals surface area contributed by atoms with Crippen LogP contribution in [0.3, 0.4) is 0 Å². The van der Waals surface area contributed by atoms with Crippen molar-refractivity contribution in [2.45, 2.75) is 36.4 Å². The number of nitrogens with zero attached hydrogens (tertiary/aromatic N) is 5. The second kappa shape index (κ2) is 9.62. The highest BCUT2D eigenvalue weighted by molar-refractivity contribution is 7.91. The molecule has 0 radical (unpaired) electrons. The van der Waals surface area contributed by atoms with Crippen LogP contribution in [0.25, 0.3) is 11.1 Å². The number of hydrogen-bond acceptors (Lipinski definition) is 9. The number of anilines is 1. The Morgan fingerprint density at radius 1 is 1.19 bits per heavy atom. The summed E-state index contributed by atoms with van der Waals surface area (Å²) in [5, 5.41) is 35.1. The van der Waals surface area contributed by atoms with Crippen LogP contribution in [0.1, 0.15) is 39.2 Å². The zero-order chi connectivity index (χ0) is 25.4. The molecule has 0 atom stereocenters. The summed E-state index contributed by atoms with van der Waals surface area (Å²) in [5.74, 6) is 0. The van der Waals surface area contributed by atoms with Gasteiger partial charge in [-0.15, -0.1) is 11.3 Å². The van der Waals surface area contributed by atoms with Gasteiger partial charge in [0.25, 0.3) is 0 Å². The molecule has 3 heterocycles. The highest BCUT2D eigenvalue weighted by atomic mass is 32.2. The van der Waals surface area contributed by atoms with Crippen molar-refractivity contribution in [1.29, 1.82) is 10.5 Å². The Morgan fingerprint density at radius 3 is 2.81 bits per heavy atom. The number of benzene rings is 1. The Morgan fingerprint density at radius 2 is 2.03 bits per heavy atom. The number of sulfonamides is 1. The van der Waals surface area contributed by atoms with Crippen LogP contribution in [-0.4, -0.2) is 43.0 Å². The van der Waals surface area contributed by atoms with Crippen molar-refractivity contribution in [3.8, 4) is 23.3 Å². The van der Waals surface area contributed by atoms with Crippen molar-refractivity contribution in [3.05, 3.63) is 68.5 Å². The molecule has 5 rings (SSSR count). The van der Waals surface area contributed by atoms with Gasteiger partial charge in [-0.05, 0) is 67.1 Å². The Labute approximate surface area is 213 Å². The number of hydroxylamine groups is 1. The van der Waals surface area contributed by atoms with E-state index in [0.717, 1.165) is 69.8 Å². The van der Waals surface area contributed by atoms with E-state index >= 15 is 0 Å². The van der Waals surface area contributed by atoms with E-state index in [1.54, 1.807) is 18.3 Å². The molecule has 0 saturated heterocycles. The molecule has 184 valence electrons. The van der Waals surface area contributed by atoms with Crippen LogP contribution in [0.5, 0.6) is 0 Å². The smallest absolute Gasteiger partial charge is 0.244 e. The molecule has 0 spiro atoms. The van der Waals surface area contributed by atoms with Crippen LogP contribution in [-0.2, 0) is 35.8 Å². The first kappa shape index (κ1) is 24.4. The molecule has 1 aromatic carbocycles. The molecule has 0 saturated carbocycles. The summed E-state index contributed by atoms with van der Waals surface area (Å²) in [7, 11) is -2.49. The predicted octanol–water partition coefficient (Wildman–Crippen LogP) is 3.59. The van der Waals surface area contributed by atoms with Crippen LogP contribution in [0, 0.1) is 27.9 Å². The van der Waals surface area contributed by atoms with Gasteiger partial charge in [0, 0.05) is 35.4 Å². The molecule has 2 aromatic heterocycles. The maximum atomic E-state index is 13.3. The average Bonchev–Trinajstić information content (AvgIpc) is 3.51. The third kappa shape index (κ3) is 4.26. The molecular weight excluding hydrogens is 496 g/mol. The molecule has 3 aromatic rings. The molecule has 0 fully saturated rings. The van der Waals surface area contributed by atoms with Gasteiger partial charge in [0.1, 0.15) is 17.8 Å². The molecule has 36 heavy (non-hydrogen) atoms. The van der Waals surface area contributed by atoms with E-state index in [2.05, 4.69) is 15.2 Å². The van der Waals surface area contributed by atoms with Crippen molar-refractivity contribution in [2.75, 3.05) is 25.6 Å². The van der Waals surface area contributed by atoms with Crippen molar-refractivity contribution in [3.63, 3.8) is 0 Å². The minimum atomic E-state index is -4.43. The standard InChI is InChI=1S/C25H23N6O3S2/c1-30-10-8-21-22(13-27)25(35-23(21)14-30)36(33,34)31(32)15-29-24-19-4-2-3-16(19)5-6-20(24)17-7-9-28-18(11-17)12-26/h5-7,9,11,29H,2-4,8,10,14-15H2,1H3/q-1. The summed E-state index contributed by atoms with van der Waals surface area (Å²) in [6.07, 6.45) is 4.80. The molecule has 0 amide bonds. The highest BCUT2D eigenvalue weighted by Crippen LogP contribution is 2.39. The van der Waals surface area contributed by atoms with Crippen LogP contribution >= 0.6 is 11.3 Å². The lowest BCUT2D eigenvalue weighted by atomic mass is 9.97. The fourth-order valence-electron chi connectivity index (χ4n) is 4.89. The summed E-state index contributed by atoms with van der Waals surface area (Å²) in [6, 6.07) is 11.5. The van der Waals surface area contributed by atoms with E-state index in [1.807, 2.05) is 31.3 Å². The normalized spacial score (nSPS) is 15.2. The molecule has 1 aliphatic heterocycles. The molecular formula is C25H23N6O3S2-. The molecule has 11 heteroatoms. The van der Waals surface area contributed by atoms with E-state index in [4.69, 9.17) is 0 Å². The molecule has 0 unspecified atom stereocenters. The van der Waals surface area contributed by atoms with E-state index in [0.29, 0.717) is 18.7 Å². The lowest BCUT2D eigenvalue weighted by Crippen LogP contribution is -2.30. The minimum Gasteiger partial charge on any atom is -0.771 e. The summed E-state index contributed by atoms with van der Waals surface area (Å²) >= 11 is 1.01. The van der Waals surface area contributed by atoms with Gasteiger partial charge in [-0.1, -0.05) is 12.1 Å². The lowest BCUT2D eigenvalue weighted by molar-refractivity contribution is 0.317. The first-order chi connectivity index (χ1) is 17.3. The number of nitriles is 2. The summed E-state index contributed by atoms with van der Waals surface area (Å²) in [4.78, 5) is 6.90. The Hall–Kier alpha value is -3.32. The quantitative estimate of drug-likeness (QED) is 0.385. The number of likely N-dealkylation sites (N-methyl/N-ethyl adjacent to an activating group) is 1. The van der Waals surface area contributed by atoms with E-state index < -0.39 is 16.7 Å². The van der Waals surface area contributed by atoms with Gasteiger partial charge in [-0.2, -0.15) is 10.5 Å². The largest absolute Gasteiger partial charge is 0.771 e. The Balaban J connectivity index is 1.47. The summed E-state index contributed by atoms with van der Waals surface area (Å²) in [5.41, 5.74) is 5.49. The van der Waals surface area contributed by atoms with Gasteiger partial charge in [-0.25, -0.2) is 13.4 Å². The first-order valence-corrected chi connectivity index (χ1v) is 13.8. The number of aryl methyl sites for hydroxylation is 1. The number of nitrogens with one attached hydrogen (secondary N) is 1. The SMILES string of the molecule is CN1CCc2c(sc(S(=O)(=O)N([O-])CNc3c(-c4ccnc(C#N)c4)ccc4c3CCC4)c2C#N)C1. The van der Waals surface area contributed by atoms with Crippen LogP contribution in [0.2, 0.25) is 0 Å². The van der Waals surface area contributed by atoms with E-state index in [1.165, 1.54) is 0 Å². The van der Waals surface area contributed by atoms with Crippen molar-refractivity contribution in [1.82, 2.24) is 14.4 Å². The minimum absolute atomic E-state index is 0.0280. The fraction of sp³-hybridized carbons (Fsp3) is 0.320. The van der Waals surface area contributed by atoms with Gasteiger partial charge in [-0.3, -0.25) is 4.47 Å². The van der Waals surface area contributed by atoms with E-state index in [9.17, 15) is 24.1 Å². The summed E-state index contributed by atoms with van der Waals surface area (Å²) < 4.78 is 26.4. The van der Waals surface area contributed by atoms with Crippen LogP contribution in [0.4, 0.5) is 5.69 Å². The van der Waals surface area contributed by atoms with Gasteiger partial charge >= 0.3 is 0 Å². The van der Waals surface area contributed by atoms with Crippen molar-refractivity contribution >= 4 is 27.0 Å². The molecule has 2 aliphatic rings. The number of aromatic nitrogens is 1. The van der Waals surface area contributed by atoms with Crippen LogP contribution in [0.15, 0.2) is 34.7 Å². The van der Waals surface area contributed by atoms with Crippen molar-refractivity contribution < 1.29 is 8.42 Å². The second-order valence-electron chi connectivity index (χ2n) is 8.93. The predicted molar refractivity (Wildman–Crippen MR) is 136 cm³/mol. The average molecular weight is 520 g/mol. The number of rotatable bonds is 6. The maximum absolute atomic E-state index is 13.3. The van der Waals surface area contributed by atoms with Crippen molar-refractivity contribution in [2.24, 2.45) is 0 Å². The Kier molecular flexibility index (Phi) is 6.51. The molecule has 9 nitrogen and oxygen atoms in total. The van der Waals surface area contributed by atoms with Gasteiger partial charge in [0.05, 0.1) is 12.2 Å². The first-order valence-electron chi connectivity index (χ1n) is 11.5. The number of hydrogen-bond donors (Lipinski definition) is 1. The number of pyridine rings is 1. The van der Waals surface area contributed by atoms with Crippen LogP contribution < -0.4 is 5.32 Å². The third-order valence-electron chi connectivity index (χ3n) is 6.68. The Bertz CT molecular complexity index is 1530. The zero-order valence-corrected chi connectivity index (χ0v) is 21.2. The third-order valence-corrected chi connectivity index (χ3v) is 9.91. The molecule has 1 N–H and O–H groups in total.